The summed E-state index contributed by atoms with van der Waals surface area (Å²) < 4.78 is 0.456. The largest absolute Gasteiger partial charge is 0.381 e. The second kappa shape index (κ2) is 6.43. The van der Waals surface area contributed by atoms with E-state index in [1.54, 1.807) is 30.3 Å². The predicted molar refractivity (Wildman–Crippen MR) is 84.6 cm³/mol. The molecular weight excluding hydrogens is 367 g/mol. The van der Waals surface area contributed by atoms with E-state index in [-0.39, 0.29) is 5.69 Å². The van der Waals surface area contributed by atoms with Gasteiger partial charge < -0.3 is 5.32 Å². The fourth-order valence-corrected chi connectivity index (χ4v) is 2.59. The minimum Gasteiger partial charge on any atom is -0.381 e. The lowest BCUT2D eigenvalue weighted by Crippen LogP contribution is -2.00. The number of nitro groups is 1. The van der Waals surface area contributed by atoms with E-state index in [2.05, 4.69) is 21.2 Å². The Hall–Kier alpha value is -1.30. The number of nitro benzene ring substituents is 1. The van der Waals surface area contributed by atoms with Crippen LogP contribution >= 0.6 is 39.1 Å². The Labute approximate surface area is 134 Å². The van der Waals surface area contributed by atoms with Crippen LogP contribution in [0.3, 0.4) is 0 Å². The van der Waals surface area contributed by atoms with Crippen molar-refractivity contribution in [1.82, 2.24) is 0 Å². The van der Waals surface area contributed by atoms with Gasteiger partial charge in [0.15, 0.2) is 0 Å². The molecule has 2 aromatic carbocycles. The molecule has 0 aromatic heterocycles. The van der Waals surface area contributed by atoms with Crippen molar-refractivity contribution in [2.24, 2.45) is 0 Å². The van der Waals surface area contributed by atoms with Crippen LogP contribution in [-0.2, 0) is 6.54 Å². The van der Waals surface area contributed by atoms with Crippen LogP contribution in [0.1, 0.15) is 5.56 Å². The summed E-state index contributed by atoms with van der Waals surface area (Å²) in [5.41, 5.74) is 1.58. The van der Waals surface area contributed by atoms with Crippen LogP contribution in [0.4, 0.5) is 11.4 Å². The lowest BCUT2D eigenvalue weighted by molar-refractivity contribution is -0.385. The zero-order chi connectivity index (χ0) is 14.7. The number of nitrogens with zero attached hydrogens (tertiary/aromatic N) is 1. The lowest BCUT2D eigenvalue weighted by Gasteiger charge is -2.08. The minimum absolute atomic E-state index is 0.0356. The highest BCUT2D eigenvalue weighted by molar-refractivity contribution is 9.10. The van der Waals surface area contributed by atoms with Crippen molar-refractivity contribution in [3.63, 3.8) is 0 Å². The molecule has 0 bridgehead atoms. The highest BCUT2D eigenvalue weighted by atomic mass is 79.9. The quantitative estimate of drug-likeness (QED) is 0.584. The van der Waals surface area contributed by atoms with Crippen molar-refractivity contribution in [2.75, 3.05) is 5.32 Å². The van der Waals surface area contributed by atoms with Crippen molar-refractivity contribution >= 4 is 50.5 Å². The van der Waals surface area contributed by atoms with Crippen molar-refractivity contribution in [3.8, 4) is 0 Å². The van der Waals surface area contributed by atoms with E-state index in [1.807, 2.05) is 0 Å². The minimum atomic E-state index is -0.427. The van der Waals surface area contributed by atoms with Crippen molar-refractivity contribution in [2.45, 2.75) is 6.54 Å². The molecule has 0 radical (unpaired) electrons. The number of halogens is 3. The van der Waals surface area contributed by atoms with Crippen LogP contribution in [0.25, 0.3) is 0 Å². The normalized spacial score (nSPS) is 10.3. The maximum atomic E-state index is 10.9. The van der Waals surface area contributed by atoms with Crippen molar-refractivity contribution in [1.29, 1.82) is 0 Å². The number of anilines is 1. The molecule has 0 heterocycles. The summed E-state index contributed by atoms with van der Waals surface area (Å²) in [6.45, 7) is 0.435. The average molecular weight is 376 g/mol. The summed E-state index contributed by atoms with van der Waals surface area (Å²) in [6.07, 6.45) is 0. The first-order chi connectivity index (χ1) is 9.45. The van der Waals surface area contributed by atoms with E-state index >= 15 is 0 Å². The molecule has 0 saturated heterocycles. The topological polar surface area (TPSA) is 55.2 Å². The van der Waals surface area contributed by atoms with Gasteiger partial charge >= 0.3 is 0 Å². The Kier molecular flexibility index (Phi) is 4.86. The Bertz CT molecular complexity index is 645. The van der Waals surface area contributed by atoms with Gasteiger partial charge in [-0.05, 0) is 45.8 Å². The van der Waals surface area contributed by atoms with Gasteiger partial charge in [-0.2, -0.15) is 0 Å². The van der Waals surface area contributed by atoms with Gasteiger partial charge in [0.25, 0.3) is 5.69 Å². The smallest absolute Gasteiger partial charge is 0.283 e. The summed E-state index contributed by atoms with van der Waals surface area (Å²) in [7, 11) is 0. The van der Waals surface area contributed by atoms with Crippen molar-refractivity contribution < 1.29 is 4.92 Å². The molecule has 104 valence electrons. The summed E-state index contributed by atoms with van der Waals surface area (Å²) in [6, 6.07) is 10.1. The van der Waals surface area contributed by atoms with Crippen molar-refractivity contribution in [3.05, 3.63) is 66.6 Å². The summed E-state index contributed by atoms with van der Waals surface area (Å²) in [4.78, 5) is 10.4. The van der Waals surface area contributed by atoms with Crippen LogP contribution in [0.2, 0.25) is 10.0 Å². The average Bonchev–Trinajstić information content (AvgIpc) is 2.36. The predicted octanol–water partition coefficient (Wildman–Crippen LogP) is 5.28. The molecular formula is C13H9BrCl2N2O2. The molecule has 0 fully saturated rings. The van der Waals surface area contributed by atoms with Crippen LogP contribution in [0, 0.1) is 10.1 Å². The number of hydrogen-bond acceptors (Lipinski definition) is 3. The second-order valence-electron chi connectivity index (χ2n) is 4.05. The molecule has 2 rings (SSSR count). The third kappa shape index (κ3) is 3.85. The van der Waals surface area contributed by atoms with Crippen LogP contribution in [0.5, 0.6) is 0 Å². The Morgan fingerprint density at radius 1 is 1.15 bits per heavy atom. The molecule has 7 heteroatoms. The molecule has 0 aliphatic carbocycles. The first kappa shape index (κ1) is 15.1. The molecule has 0 unspecified atom stereocenters. The molecule has 0 amide bonds. The first-order valence-electron chi connectivity index (χ1n) is 5.58. The summed E-state index contributed by atoms with van der Waals surface area (Å²) >= 11 is 14.9. The highest BCUT2D eigenvalue weighted by Gasteiger charge is 2.12. The zero-order valence-corrected chi connectivity index (χ0v) is 13.2. The molecule has 4 nitrogen and oxygen atoms in total. The maximum Gasteiger partial charge on any atom is 0.283 e. The molecule has 20 heavy (non-hydrogen) atoms. The summed E-state index contributed by atoms with van der Waals surface area (Å²) in [5, 5.41) is 15.0. The number of hydrogen-bond donors (Lipinski definition) is 1. The number of rotatable bonds is 4. The van der Waals surface area contributed by atoms with Gasteiger partial charge in [0, 0.05) is 28.3 Å². The van der Waals surface area contributed by atoms with E-state index in [0.717, 1.165) is 11.3 Å². The molecule has 0 atom stereocenters. The van der Waals surface area contributed by atoms with Crippen LogP contribution in [0.15, 0.2) is 40.9 Å². The van der Waals surface area contributed by atoms with Gasteiger partial charge in [0.2, 0.25) is 0 Å². The Morgan fingerprint density at radius 2 is 1.80 bits per heavy atom. The van der Waals surface area contributed by atoms with Gasteiger partial charge in [0.05, 0.1) is 9.40 Å². The Balaban J connectivity index is 2.14. The fourth-order valence-electron chi connectivity index (χ4n) is 1.67. The van der Waals surface area contributed by atoms with Gasteiger partial charge in [-0.3, -0.25) is 10.1 Å². The first-order valence-corrected chi connectivity index (χ1v) is 7.13. The SMILES string of the molecule is O=[N+]([O-])c1cc(CNc2cc(Cl)cc(Cl)c2)ccc1Br. The van der Waals surface area contributed by atoms with Crippen LogP contribution < -0.4 is 5.32 Å². The number of nitrogens with one attached hydrogen (secondary N) is 1. The maximum absolute atomic E-state index is 10.9. The summed E-state index contributed by atoms with van der Waals surface area (Å²) in [5.74, 6) is 0. The molecule has 0 spiro atoms. The standard InChI is InChI=1S/C13H9BrCl2N2O2/c14-12-2-1-8(3-13(12)18(19)20)7-17-11-5-9(15)4-10(16)6-11/h1-6,17H,7H2. The molecule has 0 aliphatic rings. The van der Waals surface area contributed by atoms with Gasteiger partial charge in [-0.25, -0.2) is 0 Å². The van der Waals surface area contributed by atoms with Crippen LogP contribution in [-0.4, -0.2) is 4.92 Å². The fraction of sp³-hybridized carbons (Fsp3) is 0.0769. The van der Waals surface area contributed by atoms with E-state index in [9.17, 15) is 10.1 Å². The molecule has 0 saturated carbocycles. The highest BCUT2D eigenvalue weighted by Crippen LogP contribution is 2.27. The van der Waals surface area contributed by atoms with E-state index in [1.165, 1.54) is 6.07 Å². The van der Waals surface area contributed by atoms with E-state index in [4.69, 9.17) is 23.2 Å². The third-order valence-corrected chi connectivity index (χ3v) is 3.67. The van der Waals surface area contributed by atoms with Gasteiger partial charge in [0.1, 0.15) is 0 Å². The second-order valence-corrected chi connectivity index (χ2v) is 5.78. The molecule has 0 aliphatic heterocycles. The third-order valence-electron chi connectivity index (χ3n) is 2.57. The lowest BCUT2D eigenvalue weighted by atomic mass is 10.2. The Morgan fingerprint density at radius 3 is 2.40 bits per heavy atom. The van der Waals surface area contributed by atoms with E-state index < -0.39 is 4.92 Å². The van der Waals surface area contributed by atoms with E-state index in [0.29, 0.717) is 21.1 Å². The number of benzene rings is 2. The van der Waals surface area contributed by atoms with Gasteiger partial charge in [-0.1, -0.05) is 29.3 Å². The molecule has 1 N–H and O–H groups in total. The van der Waals surface area contributed by atoms with Gasteiger partial charge in [-0.15, -0.1) is 0 Å². The zero-order valence-electron chi connectivity index (χ0n) is 10.1. The monoisotopic (exact) mass is 374 g/mol. The molecule has 2 aromatic rings.